The molecule has 1 unspecified atom stereocenters. The van der Waals surface area contributed by atoms with Gasteiger partial charge in [-0.1, -0.05) is 23.4 Å². The molecule has 2 heterocycles. The molecule has 1 aromatic carbocycles. The Balaban J connectivity index is 1.69. The molecule has 0 spiro atoms. The Morgan fingerprint density at radius 1 is 1.41 bits per heavy atom. The topological polar surface area (TPSA) is 101 Å². The number of hydrogen-bond donors (Lipinski definition) is 3. The molecule has 1 aliphatic carbocycles. The monoisotopic (exact) mass is 438 g/mol. The molecular weight excluding hydrogens is 422 g/mol. The second-order valence-electron chi connectivity index (χ2n) is 7.10. The number of fused-ring (bicyclic) bond motifs is 1. The lowest BCUT2D eigenvalue weighted by atomic mass is 9.84. The first-order valence-electron chi connectivity index (χ1n) is 8.78. The van der Waals surface area contributed by atoms with Gasteiger partial charge < -0.3 is 16.2 Å². The average Bonchev–Trinajstić information content (AvgIpc) is 3.44. The zero-order valence-corrected chi connectivity index (χ0v) is 16.6. The molecule has 0 radical (unpaired) electrons. The third-order valence-electron chi connectivity index (χ3n) is 5.34. The number of rotatable bonds is 5. The molecule has 2 aliphatic rings. The van der Waals surface area contributed by atoms with Gasteiger partial charge in [-0.3, -0.25) is 4.79 Å². The van der Waals surface area contributed by atoms with E-state index in [0.717, 1.165) is 6.07 Å². The lowest BCUT2D eigenvalue weighted by molar-refractivity contribution is 0.102. The predicted octanol–water partition coefficient (Wildman–Crippen LogP) is 3.10. The zero-order chi connectivity index (χ0) is 20.8. The van der Waals surface area contributed by atoms with Crippen molar-refractivity contribution in [1.82, 2.24) is 4.98 Å². The number of nitrogens with one attached hydrogen (secondary N) is 1. The van der Waals surface area contributed by atoms with E-state index in [0.29, 0.717) is 11.4 Å². The van der Waals surface area contributed by atoms with E-state index >= 15 is 0 Å². The number of aliphatic hydroxyl groups is 1. The number of amides is 1. The number of thioether (sulfide) groups is 1. The fourth-order valence-corrected chi connectivity index (χ4v) is 5.19. The molecular formula is C19H17ClF2N4O2S. The maximum Gasteiger partial charge on any atom is 0.274 e. The predicted molar refractivity (Wildman–Crippen MR) is 108 cm³/mol. The van der Waals surface area contributed by atoms with Gasteiger partial charge in [-0.15, -0.1) is 0 Å². The summed E-state index contributed by atoms with van der Waals surface area (Å²) in [7, 11) is 0. The van der Waals surface area contributed by atoms with Crippen LogP contribution in [-0.4, -0.2) is 39.2 Å². The summed E-state index contributed by atoms with van der Waals surface area (Å²) >= 11 is 6.97. The largest absolute Gasteiger partial charge is 0.395 e. The van der Waals surface area contributed by atoms with E-state index in [1.165, 1.54) is 42.2 Å². The number of alkyl halides is 1. The van der Waals surface area contributed by atoms with E-state index in [9.17, 15) is 18.7 Å². The summed E-state index contributed by atoms with van der Waals surface area (Å²) in [6.07, 6.45) is 1.80. The lowest BCUT2D eigenvalue weighted by Crippen LogP contribution is -2.41. The molecule has 4 N–H and O–H groups in total. The van der Waals surface area contributed by atoms with Crippen molar-refractivity contribution in [2.75, 3.05) is 18.6 Å². The zero-order valence-electron chi connectivity index (χ0n) is 15.0. The molecule has 10 heteroatoms. The molecule has 29 heavy (non-hydrogen) atoms. The Hall–Kier alpha value is -2.23. The number of carbonyl (C=O) groups is 1. The van der Waals surface area contributed by atoms with Gasteiger partial charge in [0.1, 0.15) is 23.7 Å². The number of aromatic nitrogens is 1. The standard InChI is InChI=1S/C19H17ClF2N4O2S/c20-10-1-4-14(24-7-10)16(28)25-11-2-3-13(22)12(5-11)19(8-21)15-6-18(15,9-27)29-17(23)26-19/h1-5,7,15,27H,6,8-9H2,(H2,23,26)(H,25,28)/t15?,18-,19-/m1/s1. The van der Waals surface area contributed by atoms with Crippen molar-refractivity contribution in [3.63, 3.8) is 0 Å². The molecule has 152 valence electrons. The van der Waals surface area contributed by atoms with Gasteiger partial charge in [-0.25, -0.2) is 18.8 Å². The fourth-order valence-electron chi connectivity index (χ4n) is 3.80. The minimum atomic E-state index is -1.54. The van der Waals surface area contributed by atoms with Gasteiger partial charge >= 0.3 is 0 Å². The molecule has 1 aromatic heterocycles. The Bertz CT molecular complexity index is 1010. The van der Waals surface area contributed by atoms with Crippen LogP contribution in [0.1, 0.15) is 22.5 Å². The first-order valence-corrected chi connectivity index (χ1v) is 9.97. The molecule has 0 bridgehead atoms. The van der Waals surface area contributed by atoms with Crippen molar-refractivity contribution in [3.8, 4) is 0 Å². The van der Waals surface area contributed by atoms with Crippen LogP contribution in [0.15, 0.2) is 41.5 Å². The summed E-state index contributed by atoms with van der Waals surface area (Å²) in [6, 6.07) is 6.85. The highest BCUT2D eigenvalue weighted by atomic mass is 35.5. The summed E-state index contributed by atoms with van der Waals surface area (Å²) < 4.78 is 28.4. The maximum atomic E-state index is 14.8. The summed E-state index contributed by atoms with van der Waals surface area (Å²) in [5, 5.41) is 12.9. The highest BCUT2D eigenvalue weighted by Crippen LogP contribution is 2.65. The van der Waals surface area contributed by atoms with Crippen molar-refractivity contribution in [3.05, 3.63) is 58.6 Å². The quantitative estimate of drug-likeness (QED) is 0.666. The number of halogens is 3. The summed E-state index contributed by atoms with van der Waals surface area (Å²) in [6.45, 7) is -1.19. The fraction of sp³-hybridized carbons (Fsp3) is 0.316. The Morgan fingerprint density at radius 2 is 2.21 bits per heavy atom. The molecule has 4 rings (SSSR count). The second-order valence-corrected chi connectivity index (χ2v) is 8.97. The van der Waals surface area contributed by atoms with Crippen LogP contribution in [0.2, 0.25) is 5.02 Å². The molecule has 0 saturated heterocycles. The molecule has 1 fully saturated rings. The first-order chi connectivity index (χ1) is 13.8. The third-order valence-corrected chi connectivity index (χ3v) is 6.85. The minimum Gasteiger partial charge on any atom is -0.395 e. The van der Waals surface area contributed by atoms with Gasteiger partial charge in [0.05, 0.1) is 16.4 Å². The lowest BCUT2D eigenvalue weighted by Gasteiger charge is -2.34. The summed E-state index contributed by atoms with van der Waals surface area (Å²) in [4.78, 5) is 20.6. The first kappa shape index (κ1) is 20.1. The molecule has 6 nitrogen and oxygen atoms in total. The van der Waals surface area contributed by atoms with Crippen LogP contribution in [0.25, 0.3) is 0 Å². The normalized spacial score (nSPS) is 27.7. The van der Waals surface area contributed by atoms with Crippen LogP contribution in [0.5, 0.6) is 0 Å². The summed E-state index contributed by atoms with van der Waals surface area (Å²) in [5.41, 5.74) is 4.72. The van der Waals surface area contributed by atoms with E-state index in [1.807, 2.05) is 0 Å². The van der Waals surface area contributed by atoms with Crippen molar-refractivity contribution in [1.29, 1.82) is 0 Å². The number of pyridine rings is 1. The maximum absolute atomic E-state index is 14.8. The summed E-state index contributed by atoms with van der Waals surface area (Å²) in [5.74, 6) is -1.58. The van der Waals surface area contributed by atoms with Crippen molar-refractivity contribution >= 4 is 40.1 Å². The Labute approximate surface area is 174 Å². The van der Waals surface area contributed by atoms with Crippen LogP contribution in [0.4, 0.5) is 14.5 Å². The SMILES string of the molecule is NC1=N[C@](CF)(c2cc(NC(=O)c3ccc(Cl)cn3)ccc2F)C2C[C@]2(CO)S1. The van der Waals surface area contributed by atoms with Gasteiger partial charge in [-0.05, 0) is 36.8 Å². The van der Waals surface area contributed by atoms with Crippen molar-refractivity contribution in [2.24, 2.45) is 16.6 Å². The molecule has 1 amide bonds. The van der Waals surface area contributed by atoms with E-state index in [1.54, 1.807) is 0 Å². The molecule has 1 aliphatic heterocycles. The van der Waals surface area contributed by atoms with E-state index in [4.69, 9.17) is 17.3 Å². The molecule has 1 saturated carbocycles. The minimum absolute atomic E-state index is 0.00885. The average molecular weight is 439 g/mol. The Morgan fingerprint density at radius 3 is 2.86 bits per heavy atom. The number of carbonyl (C=O) groups excluding carboxylic acids is 1. The highest BCUT2D eigenvalue weighted by Gasteiger charge is 2.68. The van der Waals surface area contributed by atoms with Crippen LogP contribution in [0, 0.1) is 11.7 Å². The number of hydrogen-bond acceptors (Lipinski definition) is 6. The van der Waals surface area contributed by atoms with Crippen molar-refractivity contribution < 1.29 is 18.7 Å². The number of nitrogens with zero attached hydrogens (tertiary/aromatic N) is 2. The number of aliphatic hydroxyl groups excluding tert-OH is 1. The Kier molecular flexibility index (Phi) is 5.00. The van der Waals surface area contributed by atoms with E-state index in [2.05, 4.69) is 15.3 Å². The van der Waals surface area contributed by atoms with Gasteiger partial charge in [-0.2, -0.15) is 0 Å². The van der Waals surface area contributed by atoms with E-state index < -0.39 is 34.6 Å². The van der Waals surface area contributed by atoms with Crippen LogP contribution in [-0.2, 0) is 5.54 Å². The number of aliphatic imine (C=N–C) groups is 1. The van der Waals surface area contributed by atoms with Crippen molar-refractivity contribution in [2.45, 2.75) is 16.7 Å². The van der Waals surface area contributed by atoms with E-state index in [-0.39, 0.29) is 28.7 Å². The second kappa shape index (κ2) is 7.23. The van der Waals surface area contributed by atoms with Crippen LogP contribution < -0.4 is 11.1 Å². The smallest absolute Gasteiger partial charge is 0.274 e. The van der Waals surface area contributed by atoms with Gasteiger partial charge in [0.25, 0.3) is 5.91 Å². The highest BCUT2D eigenvalue weighted by molar-refractivity contribution is 8.15. The third kappa shape index (κ3) is 3.37. The number of benzene rings is 1. The number of amidine groups is 1. The molecule has 2 aromatic rings. The van der Waals surface area contributed by atoms with Crippen LogP contribution >= 0.6 is 23.4 Å². The van der Waals surface area contributed by atoms with Gasteiger partial charge in [0.2, 0.25) is 0 Å². The van der Waals surface area contributed by atoms with Gasteiger partial charge in [0, 0.05) is 23.4 Å². The number of anilines is 1. The molecule has 3 atom stereocenters. The van der Waals surface area contributed by atoms with Crippen LogP contribution in [0.3, 0.4) is 0 Å². The number of nitrogens with two attached hydrogens (primary N) is 1. The van der Waals surface area contributed by atoms with Gasteiger partial charge in [0.15, 0.2) is 5.17 Å².